The summed E-state index contributed by atoms with van der Waals surface area (Å²) in [6.07, 6.45) is 1.62. The number of carbonyl (C=O) groups is 1. The number of urea groups is 1. The second kappa shape index (κ2) is 8.39. The van der Waals surface area contributed by atoms with Gasteiger partial charge < -0.3 is 34.6 Å². The number of morpholine rings is 1. The van der Waals surface area contributed by atoms with E-state index in [-0.39, 0.29) is 0 Å². The maximum atomic E-state index is 12.5. The van der Waals surface area contributed by atoms with E-state index in [4.69, 9.17) is 14.2 Å². The molecule has 0 unspecified atom stereocenters. The van der Waals surface area contributed by atoms with Crippen LogP contribution in [0.3, 0.4) is 0 Å². The molecule has 3 heterocycles. The minimum absolute atomic E-state index is 0.396. The second-order valence-corrected chi connectivity index (χ2v) is 6.84. The summed E-state index contributed by atoms with van der Waals surface area (Å²) in [5.41, 5.74) is 1.12. The van der Waals surface area contributed by atoms with Crippen LogP contribution in [0.15, 0.2) is 24.4 Å². The van der Waals surface area contributed by atoms with Crippen molar-refractivity contribution in [1.82, 2.24) is 9.97 Å². The number of hydrogen-bond donors (Lipinski definition) is 2. The van der Waals surface area contributed by atoms with Crippen molar-refractivity contribution in [2.24, 2.45) is 0 Å². The summed E-state index contributed by atoms with van der Waals surface area (Å²) >= 11 is 0. The van der Waals surface area contributed by atoms with Crippen LogP contribution in [0.5, 0.6) is 11.5 Å². The third kappa shape index (κ3) is 4.43. The number of amides is 2. The maximum absolute atomic E-state index is 12.5. The Morgan fingerprint density at radius 1 is 1.07 bits per heavy atom. The highest BCUT2D eigenvalue weighted by Crippen LogP contribution is 2.32. The van der Waals surface area contributed by atoms with Gasteiger partial charge in [-0.1, -0.05) is 0 Å². The Bertz CT molecular complexity index is 885. The average molecular weight is 400 g/mol. The molecule has 2 amide bonds. The monoisotopic (exact) mass is 400 g/mol. The van der Waals surface area contributed by atoms with Crippen molar-refractivity contribution in [2.45, 2.75) is 0 Å². The van der Waals surface area contributed by atoms with Crippen LogP contribution in [0.4, 0.5) is 27.9 Å². The van der Waals surface area contributed by atoms with Crippen molar-refractivity contribution in [3.8, 4) is 11.5 Å². The highest BCUT2D eigenvalue weighted by Gasteiger charge is 2.18. The zero-order valence-electron chi connectivity index (χ0n) is 16.5. The molecule has 0 saturated carbocycles. The first-order chi connectivity index (χ1) is 14.1. The molecule has 2 aliphatic heterocycles. The first kappa shape index (κ1) is 19.1. The van der Waals surface area contributed by atoms with E-state index >= 15 is 0 Å². The molecule has 1 aromatic carbocycles. The van der Waals surface area contributed by atoms with E-state index in [9.17, 15) is 4.79 Å². The minimum Gasteiger partial charge on any atom is -0.486 e. The number of benzene rings is 1. The van der Waals surface area contributed by atoms with Gasteiger partial charge in [0.1, 0.15) is 18.9 Å². The van der Waals surface area contributed by atoms with Crippen LogP contribution in [0.25, 0.3) is 0 Å². The predicted octanol–water partition coefficient (Wildman–Crippen LogP) is 1.79. The van der Waals surface area contributed by atoms with Gasteiger partial charge in [-0.3, -0.25) is 0 Å². The molecule has 0 radical (unpaired) electrons. The SMILES string of the molecule is CN(C)c1nc(N2CCOCC2)ncc1NC(=O)Nc1ccc2c(c1)OCCO2. The molecular weight excluding hydrogens is 376 g/mol. The van der Waals surface area contributed by atoms with E-state index in [0.29, 0.717) is 61.1 Å². The maximum Gasteiger partial charge on any atom is 0.323 e. The molecular formula is C19H24N6O4. The Morgan fingerprint density at radius 2 is 1.83 bits per heavy atom. The molecule has 0 atom stereocenters. The lowest BCUT2D eigenvalue weighted by Crippen LogP contribution is -2.37. The molecule has 1 fully saturated rings. The molecule has 1 saturated heterocycles. The van der Waals surface area contributed by atoms with Crippen LogP contribution in [0.2, 0.25) is 0 Å². The molecule has 0 aliphatic carbocycles. The van der Waals surface area contributed by atoms with Crippen LogP contribution in [0, 0.1) is 0 Å². The number of nitrogens with one attached hydrogen (secondary N) is 2. The normalized spacial score (nSPS) is 15.6. The Hall–Kier alpha value is -3.27. The van der Waals surface area contributed by atoms with Gasteiger partial charge in [-0.05, 0) is 12.1 Å². The third-order valence-corrected chi connectivity index (χ3v) is 4.52. The quantitative estimate of drug-likeness (QED) is 0.801. The standard InChI is InChI=1S/C19H24N6O4/c1-24(2)17-14(12-20-18(23-17)25-5-7-27-8-6-25)22-19(26)21-13-3-4-15-16(11-13)29-10-9-28-15/h3-4,11-12H,5-10H2,1-2H3,(H2,21,22,26). The number of carbonyl (C=O) groups excluding carboxylic acids is 1. The number of ether oxygens (including phenoxy) is 3. The summed E-state index contributed by atoms with van der Waals surface area (Å²) in [5.74, 6) is 2.53. The molecule has 29 heavy (non-hydrogen) atoms. The minimum atomic E-state index is -0.396. The van der Waals surface area contributed by atoms with Gasteiger partial charge >= 0.3 is 6.03 Å². The Balaban J connectivity index is 1.47. The van der Waals surface area contributed by atoms with Gasteiger partial charge in [0.25, 0.3) is 0 Å². The van der Waals surface area contributed by atoms with Crippen LogP contribution in [-0.4, -0.2) is 69.6 Å². The molecule has 10 nitrogen and oxygen atoms in total. The summed E-state index contributed by atoms with van der Waals surface area (Å²) in [5, 5.41) is 5.62. The van der Waals surface area contributed by atoms with Gasteiger partial charge in [-0.2, -0.15) is 4.98 Å². The fraction of sp³-hybridized carbons (Fsp3) is 0.421. The van der Waals surface area contributed by atoms with Crippen LogP contribution in [-0.2, 0) is 4.74 Å². The van der Waals surface area contributed by atoms with Gasteiger partial charge in [0.2, 0.25) is 5.95 Å². The molecule has 0 spiro atoms. The van der Waals surface area contributed by atoms with Crippen molar-refractivity contribution in [3.05, 3.63) is 24.4 Å². The number of hydrogen-bond acceptors (Lipinski definition) is 8. The summed E-state index contributed by atoms with van der Waals surface area (Å²) in [7, 11) is 3.74. The van der Waals surface area contributed by atoms with Crippen molar-refractivity contribution in [3.63, 3.8) is 0 Å². The molecule has 2 aromatic rings. The summed E-state index contributed by atoms with van der Waals surface area (Å²) in [6.45, 7) is 3.79. The largest absolute Gasteiger partial charge is 0.486 e. The van der Waals surface area contributed by atoms with E-state index in [2.05, 4.69) is 25.5 Å². The first-order valence-electron chi connectivity index (χ1n) is 9.45. The van der Waals surface area contributed by atoms with E-state index in [1.165, 1.54) is 0 Å². The summed E-state index contributed by atoms with van der Waals surface area (Å²) in [6, 6.07) is 4.87. The molecule has 4 rings (SSSR count). The van der Waals surface area contributed by atoms with Crippen LogP contribution in [0.1, 0.15) is 0 Å². The lowest BCUT2D eigenvalue weighted by atomic mass is 10.2. The molecule has 1 aromatic heterocycles. The van der Waals surface area contributed by atoms with Crippen LogP contribution < -0.4 is 29.9 Å². The smallest absolute Gasteiger partial charge is 0.323 e. The van der Waals surface area contributed by atoms with Crippen LogP contribution >= 0.6 is 0 Å². The highest BCUT2D eigenvalue weighted by atomic mass is 16.6. The first-order valence-corrected chi connectivity index (χ1v) is 9.45. The number of rotatable bonds is 4. The number of fused-ring (bicyclic) bond motifs is 1. The van der Waals surface area contributed by atoms with Gasteiger partial charge in [-0.15, -0.1) is 0 Å². The Morgan fingerprint density at radius 3 is 2.59 bits per heavy atom. The van der Waals surface area contributed by atoms with E-state index in [1.807, 2.05) is 19.0 Å². The zero-order chi connectivity index (χ0) is 20.2. The van der Waals surface area contributed by atoms with Crippen molar-refractivity contribution in [1.29, 1.82) is 0 Å². The fourth-order valence-corrected chi connectivity index (χ4v) is 3.11. The van der Waals surface area contributed by atoms with Crippen molar-refractivity contribution in [2.75, 3.05) is 74.0 Å². The Labute approximate surface area is 168 Å². The van der Waals surface area contributed by atoms with Gasteiger partial charge in [0.05, 0.1) is 19.4 Å². The highest BCUT2D eigenvalue weighted by molar-refractivity contribution is 6.01. The van der Waals surface area contributed by atoms with Gasteiger partial charge in [0, 0.05) is 38.9 Å². The lowest BCUT2D eigenvalue weighted by Gasteiger charge is -2.28. The predicted molar refractivity (Wildman–Crippen MR) is 109 cm³/mol. The van der Waals surface area contributed by atoms with Crippen molar-refractivity contribution < 1.29 is 19.0 Å². The third-order valence-electron chi connectivity index (χ3n) is 4.52. The summed E-state index contributed by atoms with van der Waals surface area (Å²) in [4.78, 5) is 25.5. The second-order valence-electron chi connectivity index (χ2n) is 6.84. The fourth-order valence-electron chi connectivity index (χ4n) is 3.11. The van der Waals surface area contributed by atoms with Gasteiger partial charge in [-0.25, -0.2) is 9.78 Å². The number of aromatic nitrogens is 2. The topological polar surface area (TPSA) is 101 Å². The van der Waals surface area contributed by atoms with E-state index in [0.717, 1.165) is 13.1 Å². The molecule has 10 heteroatoms. The van der Waals surface area contributed by atoms with Crippen molar-refractivity contribution >= 4 is 29.2 Å². The zero-order valence-corrected chi connectivity index (χ0v) is 16.5. The Kier molecular flexibility index (Phi) is 5.52. The lowest BCUT2D eigenvalue weighted by molar-refractivity contribution is 0.122. The summed E-state index contributed by atoms with van der Waals surface area (Å²) < 4.78 is 16.4. The number of anilines is 4. The van der Waals surface area contributed by atoms with E-state index < -0.39 is 6.03 Å². The van der Waals surface area contributed by atoms with E-state index in [1.54, 1.807) is 24.4 Å². The van der Waals surface area contributed by atoms with Gasteiger partial charge in [0.15, 0.2) is 17.3 Å². The molecule has 2 aliphatic rings. The number of nitrogens with zero attached hydrogens (tertiary/aromatic N) is 4. The molecule has 2 N–H and O–H groups in total. The molecule has 0 bridgehead atoms. The average Bonchev–Trinajstić information content (AvgIpc) is 2.74. The molecule has 154 valence electrons.